The first kappa shape index (κ1) is 13.3. The zero-order valence-electron chi connectivity index (χ0n) is 11.3. The smallest absolute Gasteiger partial charge is 0.101 e. The molecule has 0 amide bonds. The zero-order chi connectivity index (χ0) is 13.5. The van der Waals surface area contributed by atoms with Gasteiger partial charge in [-0.05, 0) is 24.3 Å². The maximum atomic E-state index is 6.09. The molecule has 0 bridgehead atoms. The lowest BCUT2D eigenvalue weighted by Gasteiger charge is -2.15. The van der Waals surface area contributed by atoms with Crippen molar-refractivity contribution >= 4 is 11.9 Å². The maximum absolute atomic E-state index is 6.09. The highest BCUT2D eigenvalue weighted by Gasteiger charge is 2.13. The fourth-order valence-electron chi connectivity index (χ4n) is 2.05. The van der Waals surface area contributed by atoms with E-state index in [1.165, 1.54) is 5.56 Å². The molecule has 0 fully saturated rings. The summed E-state index contributed by atoms with van der Waals surface area (Å²) in [7, 11) is 0. The molecule has 0 saturated carbocycles. The summed E-state index contributed by atoms with van der Waals surface area (Å²) in [6.07, 6.45) is 4.11. The number of nitrogens with two attached hydrogens (primary N) is 1. The quantitative estimate of drug-likeness (QED) is 0.627. The molecule has 0 aliphatic rings. The van der Waals surface area contributed by atoms with Crippen molar-refractivity contribution in [3.63, 3.8) is 0 Å². The topological polar surface area (TPSA) is 38.4 Å². The number of para-hydroxylation sites is 1. The molecule has 19 heavy (non-hydrogen) atoms. The highest BCUT2D eigenvalue weighted by atomic mass is 14.8. The van der Waals surface area contributed by atoms with Crippen LogP contribution in [0.3, 0.4) is 0 Å². The van der Waals surface area contributed by atoms with E-state index in [0.717, 1.165) is 24.1 Å². The van der Waals surface area contributed by atoms with Crippen LogP contribution in [0.15, 0.2) is 59.6 Å². The summed E-state index contributed by atoms with van der Waals surface area (Å²) in [5, 5.41) is 0. The van der Waals surface area contributed by atoms with Crippen molar-refractivity contribution in [3.8, 4) is 0 Å². The normalized spacial score (nSPS) is 12.7. The van der Waals surface area contributed by atoms with Crippen LogP contribution in [-0.4, -0.2) is 6.21 Å². The third-order valence-electron chi connectivity index (χ3n) is 3.08. The Bertz CT molecular complexity index is 532. The lowest BCUT2D eigenvalue weighted by Crippen LogP contribution is -2.02. The third-order valence-corrected chi connectivity index (χ3v) is 3.08. The first-order chi connectivity index (χ1) is 9.33. The van der Waals surface area contributed by atoms with E-state index in [-0.39, 0.29) is 6.04 Å². The third kappa shape index (κ3) is 3.44. The van der Waals surface area contributed by atoms with Crippen LogP contribution in [0.1, 0.15) is 36.9 Å². The lowest BCUT2D eigenvalue weighted by atomic mass is 9.98. The molecule has 0 radical (unpaired) electrons. The van der Waals surface area contributed by atoms with Crippen LogP contribution < -0.4 is 5.73 Å². The van der Waals surface area contributed by atoms with Gasteiger partial charge >= 0.3 is 0 Å². The van der Waals surface area contributed by atoms with E-state index >= 15 is 0 Å². The van der Waals surface area contributed by atoms with E-state index in [4.69, 9.17) is 10.7 Å². The monoisotopic (exact) mass is 252 g/mol. The Morgan fingerprint density at radius 1 is 1.05 bits per heavy atom. The number of nitrogen functional groups attached to an aromatic ring is 1. The molecular formula is C17H20N2. The van der Waals surface area contributed by atoms with Crippen molar-refractivity contribution in [2.45, 2.75) is 25.8 Å². The van der Waals surface area contributed by atoms with Gasteiger partial charge in [-0.25, -0.2) is 0 Å². The second-order valence-electron chi connectivity index (χ2n) is 4.56. The molecule has 1 atom stereocenters. The zero-order valence-corrected chi connectivity index (χ0v) is 11.3. The Morgan fingerprint density at radius 2 is 1.74 bits per heavy atom. The lowest BCUT2D eigenvalue weighted by molar-refractivity contribution is 0.869. The number of benzene rings is 2. The van der Waals surface area contributed by atoms with Crippen molar-refractivity contribution in [1.29, 1.82) is 0 Å². The molecule has 2 heteroatoms. The average Bonchev–Trinajstić information content (AvgIpc) is 2.46. The van der Waals surface area contributed by atoms with Gasteiger partial charge in [0.15, 0.2) is 0 Å². The molecule has 98 valence electrons. The van der Waals surface area contributed by atoms with Gasteiger partial charge < -0.3 is 5.73 Å². The van der Waals surface area contributed by atoms with Crippen LogP contribution in [0, 0.1) is 0 Å². The van der Waals surface area contributed by atoms with Crippen molar-refractivity contribution in [2.24, 2.45) is 4.99 Å². The van der Waals surface area contributed by atoms with Crippen LogP contribution >= 0.6 is 0 Å². The Balaban J connectivity index is 2.38. The summed E-state index contributed by atoms with van der Waals surface area (Å²) >= 11 is 0. The summed E-state index contributed by atoms with van der Waals surface area (Å²) < 4.78 is 0. The minimum absolute atomic E-state index is 0.00560. The van der Waals surface area contributed by atoms with E-state index in [0.29, 0.717) is 0 Å². The number of anilines is 1. The van der Waals surface area contributed by atoms with Crippen LogP contribution in [0.4, 0.5) is 5.69 Å². The molecule has 0 aliphatic heterocycles. The molecule has 1 unspecified atom stereocenters. The highest BCUT2D eigenvalue weighted by Crippen LogP contribution is 2.29. The predicted octanol–water partition coefficient (Wildman–Crippen LogP) is 4.23. The van der Waals surface area contributed by atoms with E-state index < -0.39 is 0 Å². The van der Waals surface area contributed by atoms with Gasteiger partial charge in [-0.1, -0.05) is 61.9 Å². The van der Waals surface area contributed by atoms with Crippen LogP contribution in [-0.2, 0) is 0 Å². The molecule has 0 saturated heterocycles. The van der Waals surface area contributed by atoms with Gasteiger partial charge in [0.25, 0.3) is 0 Å². The minimum Gasteiger partial charge on any atom is -0.398 e. The summed E-state index contributed by atoms with van der Waals surface area (Å²) in [6.45, 7) is 2.15. The van der Waals surface area contributed by atoms with Crippen molar-refractivity contribution in [3.05, 3.63) is 65.7 Å². The predicted molar refractivity (Wildman–Crippen MR) is 82.5 cm³/mol. The Morgan fingerprint density at radius 3 is 2.42 bits per heavy atom. The van der Waals surface area contributed by atoms with Crippen molar-refractivity contribution in [1.82, 2.24) is 0 Å². The van der Waals surface area contributed by atoms with Gasteiger partial charge in [0.2, 0.25) is 0 Å². The number of hydrogen-bond acceptors (Lipinski definition) is 2. The Labute approximate surface area is 115 Å². The molecule has 0 heterocycles. The fourth-order valence-corrected chi connectivity index (χ4v) is 2.05. The molecule has 0 aromatic heterocycles. The van der Waals surface area contributed by atoms with E-state index in [2.05, 4.69) is 25.1 Å². The molecular weight excluding hydrogens is 232 g/mol. The van der Waals surface area contributed by atoms with Gasteiger partial charge in [0, 0.05) is 11.3 Å². The molecule has 0 aliphatic carbocycles. The molecule has 0 spiro atoms. The molecule has 2 N–H and O–H groups in total. The van der Waals surface area contributed by atoms with Crippen LogP contribution in [0.5, 0.6) is 0 Å². The summed E-state index contributed by atoms with van der Waals surface area (Å²) in [5.41, 5.74) is 9.13. The van der Waals surface area contributed by atoms with Gasteiger partial charge in [0.1, 0.15) is 6.04 Å². The molecule has 2 aromatic carbocycles. The second kappa shape index (κ2) is 6.74. The van der Waals surface area contributed by atoms with Crippen LogP contribution in [0.2, 0.25) is 0 Å². The van der Waals surface area contributed by atoms with Gasteiger partial charge in [-0.3, -0.25) is 4.99 Å². The Kier molecular flexibility index (Phi) is 4.73. The van der Waals surface area contributed by atoms with E-state index in [9.17, 15) is 0 Å². The summed E-state index contributed by atoms with van der Waals surface area (Å²) in [5.74, 6) is 0. The fraction of sp³-hybridized carbons (Fsp3) is 0.235. The van der Waals surface area contributed by atoms with Crippen LogP contribution in [0.25, 0.3) is 0 Å². The number of rotatable bonds is 5. The van der Waals surface area contributed by atoms with Gasteiger partial charge in [-0.2, -0.15) is 0 Å². The summed E-state index contributed by atoms with van der Waals surface area (Å²) in [4.78, 5) is 4.71. The first-order valence-corrected chi connectivity index (χ1v) is 6.74. The number of aliphatic imine (C=N–C) groups is 1. The number of hydrogen-bond donors (Lipinski definition) is 1. The second-order valence-corrected chi connectivity index (χ2v) is 4.56. The maximum Gasteiger partial charge on any atom is 0.101 e. The standard InChI is InChI=1S/C17H20N2/c1-2-3-13-19-17(14-9-5-4-6-10-14)15-11-7-8-12-16(15)18/h4-13,17H,2-3,18H2,1H3. The van der Waals surface area contributed by atoms with E-state index in [1.807, 2.05) is 42.6 Å². The summed E-state index contributed by atoms with van der Waals surface area (Å²) in [6, 6.07) is 18.2. The largest absolute Gasteiger partial charge is 0.398 e. The highest BCUT2D eigenvalue weighted by molar-refractivity contribution is 5.60. The molecule has 2 nitrogen and oxygen atoms in total. The van der Waals surface area contributed by atoms with Crippen molar-refractivity contribution < 1.29 is 0 Å². The van der Waals surface area contributed by atoms with Gasteiger partial charge in [0.05, 0.1) is 0 Å². The SMILES string of the molecule is CCCC=NC(c1ccccc1)c1ccccc1N. The Hall–Kier alpha value is -2.09. The first-order valence-electron chi connectivity index (χ1n) is 6.74. The number of unbranched alkanes of at least 4 members (excludes halogenated alkanes) is 1. The average molecular weight is 252 g/mol. The molecule has 2 rings (SSSR count). The minimum atomic E-state index is -0.00560. The van der Waals surface area contributed by atoms with E-state index in [1.54, 1.807) is 0 Å². The van der Waals surface area contributed by atoms with Gasteiger partial charge in [-0.15, -0.1) is 0 Å². The number of nitrogens with zero attached hydrogens (tertiary/aromatic N) is 1. The van der Waals surface area contributed by atoms with Crippen molar-refractivity contribution in [2.75, 3.05) is 5.73 Å². The molecule has 2 aromatic rings.